The number of alkyl halides is 4. The molecule has 0 aliphatic rings. The maximum Gasteiger partial charge on any atom is 0.573 e. The summed E-state index contributed by atoms with van der Waals surface area (Å²) in [4.78, 5) is 14.5. The number of halogens is 5. The van der Waals surface area contributed by atoms with Crippen LogP contribution in [-0.2, 0) is 5.88 Å². The van der Waals surface area contributed by atoms with Crippen LogP contribution in [0.2, 0.25) is 0 Å². The summed E-state index contributed by atoms with van der Waals surface area (Å²) in [5.74, 6) is -2.49. The lowest BCUT2D eigenvalue weighted by Gasteiger charge is -2.13. The minimum absolute atomic E-state index is 0.109. The van der Waals surface area contributed by atoms with Gasteiger partial charge in [0.15, 0.2) is 5.75 Å². The van der Waals surface area contributed by atoms with Crippen molar-refractivity contribution in [2.75, 3.05) is 0 Å². The fourth-order valence-electron chi connectivity index (χ4n) is 0.993. The molecule has 1 aromatic rings. The normalized spacial score (nSPS) is 11.4. The molecule has 1 heterocycles. The Morgan fingerprint density at radius 1 is 1.59 bits per heavy atom. The second-order valence-electron chi connectivity index (χ2n) is 2.77. The number of carboxylic acid groups (broad SMARTS) is 1. The largest absolute Gasteiger partial charge is 0.573 e. The third kappa shape index (κ3) is 3.87. The van der Waals surface area contributed by atoms with Crippen molar-refractivity contribution in [3.63, 3.8) is 0 Å². The van der Waals surface area contributed by atoms with Gasteiger partial charge >= 0.3 is 12.3 Å². The van der Waals surface area contributed by atoms with E-state index >= 15 is 0 Å². The van der Waals surface area contributed by atoms with Crippen molar-refractivity contribution in [2.24, 2.45) is 0 Å². The van der Waals surface area contributed by atoms with Crippen molar-refractivity contribution in [1.82, 2.24) is 4.98 Å². The van der Waals surface area contributed by atoms with Crippen molar-refractivity contribution in [2.45, 2.75) is 12.2 Å². The van der Waals surface area contributed by atoms with E-state index < -0.39 is 23.6 Å². The second-order valence-corrected chi connectivity index (χ2v) is 4.06. The zero-order valence-corrected chi connectivity index (χ0v) is 10.8. The molecule has 1 rings (SSSR count). The van der Waals surface area contributed by atoms with Crippen LogP contribution in [0.4, 0.5) is 13.2 Å². The highest BCUT2D eigenvalue weighted by atomic mass is 127. The van der Waals surface area contributed by atoms with Crippen LogP contribution in [0.5, 0.6) is 5.75 Å². The van der Waals surface area contributed by atoms with Gasteiger partial charge in [-0.1, -0.05) is 0 Å². The summed E-state index contributed by atoms with van der Waals surface area (Å²) in [5, 5.41) is 8.79. The molecule has 0 radical (unpaired) electrons. The molecule has 4 nitrogen and oxygen atoms in total. The van der Waals surface area contributed by atoms with Gasteiger partial charge in [0.2, 0.25) is 0 Å². The van der Waals surface area contributed by atoms with Crippen LogP contribution >= 0.6 is 34.2 Å². The standard InChI is InChI=1S/C8H4ClF3INO3/c9-2-3-1-4(7(15)16)5(6(13)14-3)17-8(10,11)12/h1H,2H2,(H,15,16). The molecule has 0 spiro atoms. The summed E-state index contributed by atoms with van der Waals surface area (Å²) < 4.78 is 39.6. The third-order valence-electron chi connectivity index (χ3n) is 1.57. The average Bonchev–Trinajstić information content (AvgIpc) is 2.18. The SMILES string of the molecule is O=C(O)c1cc(CCl)nc(I)c1OC(F)(F)F. The maximum atomic E-state index is 12.1. The molecule has 1 N–H and O–H groups in total. The highest BCUT2D eigenvalue weighted by Gasteiger charge is 2.34. The van der Waals surface area contributed by atoms with E-state index in [0.29, 0.717) is 0 Å². The number of pyridine rings is 1. The van der Waals surface area contributed by atoms with E-state index in [9.17, 15) is 18.0 Å². The molecule has 0 aromatic carbocycles. The van der Waals surface area contributed by atoms with Gasteiger partial charge in [-0.2, -0.15) is 0 Å². The first-order valence-electron chi connectivity index (χ1n) is 3.99. The van der Waals surface area contributed by atoms with E-state index in [2.05, 4.69) is 9.72 Å². The molecule has 1 aromatic heterocycles. The summed E-state index contributed by atoms with van der Waals surface area (Å²) >= 11 is 6.89. The van der Waals surface area contributed by atoms with Crippen molar-refractivity contribution >= 4 is 40.2 Å². The number of ether oxygens (including phenoxy) is 1. The van der Waals surface area contributed by atoms with Gasteiger partial charge in [-0.3, -0.25) is 0 Å². The summed E-state index contributed by atoms with van der Waals surface area (Å²) in [6, 6.07) is 0.943. The number of hydrogen-bond donors (Lipinski definition) is 1. The molecule has 9 heteroatoms. The number of nitrogens with zero attached hydrogens (tertiary/aromatic N) is 1. The number of aromatic nitrogens is 1. The molecule has 0 amide bonds. The first kappa shape index (κ1) is 14.3. The lowest BCUT2D eigenvalue weighted by molar-refractivity contribution is -0.275. The molecule has 0 unspecified atom stereocenters. The Balaban J connectivity index is 3.32. The topological polar surface area (TPSA) is 59.4 Å². The molecule has 0 fully saturated rings. The lowest BCUT2D eigenvalue weighted by Crippen LogP contribution is -2.20. The Kier molecular flexibility index (Phi) is 4.42. The van der Waals surface area contributed by atoms with Crippen LogP contribution in [0, 0.1) is 3.70 Å². The number of hydrogen-bond acceptors (Lipinski definition) is 3. The predicted octanol–water partition coefficient (Wildman–Crippen LogP) is 3.02. The summed E-state index contributed by atoms with van der Waals surface area (Å²) in [6.45, 7) is 0. The van der Waals surface area contributed by atoms with Gasteiger partial charge in [-0.25, -0.2) is 9.78 Å². The summed E-state index contributed by atoms with van der Waals surface area (Å²) in [7, 11) is 0. The average molecular weight is 381 g/mol. The van der Waals surface area contributed by atoms with E-state index in [1.165, 1.54) is 22.6 Å². The lowest BCUT2D eigenvalue weighted by atomic mass is 10.2. The Hall–Kier alpha value is -0.770. The number of rotatable bonds is 3. The van der Waals surface area contributed by atoms with Gasteiger partial charge in [0, 0.05) is 0 Å². The summed E-state index contributed by atoms with van der Waals surface area (Å²) in [6.07, 6.45) is -4.98. The molecule has 17 heavy (non-hydrogen) atoms. The molecule has 0 saturated carbocycles. The van der Waals surface area contributed by atoms with Crippen molar-refractivity contribution in [1.29, 1.82) is 0 Å². The second kappa shape index (κ2) is 5.25. The Labute approximate surface area is 112 Å². The minimum Gasteiger partial charge on any atom is -0.478 e. The number of carbonyl (C=O) groups is 1. The fourth-order valence-corrected chi connectivity index (χ4v) is 1.84. The zero-order valence-electron chi connectivity index (χ0n) is 7.89. The van der Waals surface area contributed by atoms with E-state index in [1.807, 2.05) is 0 Å². The van der Waals surface area contributed by atoms with Gasteiger partial charge in [-0.05, 0) is 28.7 Å². The predicted molar refractivity (Wildman–Crippen MR) is 60.2 cm³/mol. The molecule has 0 atom stereocenters. The fraction of sp³-hybridized carbons (Fsp3) is 0.250. The van der Waals surface area contributed by atoms with Crippen LogP contribution in [0.3, 0.4) is 0 Å². The van der Waals surface area contributed by atoms with Gasteiger partial charge in [-0.15, -0.1) is 24.8 Å². The molecule has 0 bridgehead atoms. The van der Waals surface area contributed by atoms with Crippen molar-refractivity contribution in [3.05, 3.63) is 21.0 Å². The van der Waals surface area contributed by atoms with Gasteiger partial charge in [0.05, 0.1) is 11.6 Å². The van der Waals surface area contributed by atoms with Crippen LogP contribution in [-0.4, -0.2) is 22.4 Å². The monoisotopic (exact) mass is 381 g/mol. The smallest absolute Gasteiger partial charge is 0.478 e. The number of aromatic carboxylic acids is 1. The van der Waals surface area contributed by atoms with Gasteiger partial charge in [0.1, 0.15) is 9.26 Å². The van der Waals surface area contributed by atoms with E-state index in [-0.39, 0.29) is 15.3 Å². The minimum atomic E-state index is -4.98. The number of carboxylic acids is 1. The van der Waals surface area contributed by atoms with Crippen LogP contribution in [0.1, 0.15) is 16.1 Å². The Morgan fingerprint density at radius 2 is 2.18 bits per heavy atom. The maximum absolute atomic E-state index is 12.1. The quantitative estimate of drug-likeness (QED) is 0.497. The first-order chi connectivity index (χ1) is 7.74. The zero-order chi connectivity index (χ0) is 13.2. The van der Waals surface area contributed by atoms with E-state index in [0.717, 1.165) is 6.07 Å². The molecular weight excluding hydrogens is 377 g/mol. The van der Waals surface area contributed by atoms with Crippen molar-refractivity contribution < 1.29 is 27.8 Å². The Bertz CT molecular complexity index is 452. The van der Waals surface area contributed by atoms with E-state index in [4.69, 9.17) is 16.7 Å². The van der Waals surface area contributed by atoms with Crippen LogP contribution in [0.25, 0.3) is 0 Å². The molecule has 94 valence electrons. The highest BCUT2D eigenvalue weighted by molar-refractivity contribution is 14.1. The molecule has 0 saturated heterocycles. The molecular formula is C8H4ClF3INO3. The summed E-state index contributed by atoms with van der Waals surface area (Å²) in [5.41, 5.74) is -0.472. The van der Waals surface area contributed by atoms with Gasteiger partial charge < -0.3 is 9.84 Å². The van der Waals surface area contributed by atoms with E-state index in [1.54, 1.807) is 0 Å². The van der Waals surface area contributed by atoms with Crippen LogP contribution < -0.4 is 4.74 Å². The Morgan fingerprint density at radius 3 is 2.59 bits per heavy atom. The third-order valence-corrected chi connectivity index (χ3v) is 2.57. The first-order valence-corrected chi connectivity index (χ1v) is 5.60. The van der Waals surface area contributed by atoms with Crippen LogP contribution in [0.15, 0.2) is 6.07 Å². The van der Waals surface area contributed by atoms with Gasteiger partial charge in [0.25, 0.3) is 0 Å². The molecule has 0 aliphatic carbocycles. The highest BCUT2D eigenvalue weighted by Crippen LogP contribution is 2.31. The molecule has 0 aliphatic heterocycles. The van der Waals surface area contributed by atoms with Crippen molar-refractivity contribution in [3.8, 4) is 5.75 Å².